The van der Waals surface area contributed by atoms with Gasteiger partial charge < -0.3 is 9.88 Å². The second-order valence-electron chi connectivity index (χ2n) is 4.18. The van der Waals surface area contributed by atoms with Crippen molar-refractivity contribution in [2.75, 3.05) is 6.54 Å². The first-order valence-electron chi connectivity index (χ1n) is 6.43. The van der Waals surface area contributed by atoms with E-state index in [9.17, 15) is 0 Å². The molecule has 98 valence electrons. The van der Waals surface area contributed by atoms with Crippen molar-refractivity contribution in [3.8, 4) is 0 Å². The van der Waals surface area contributed by atoms with E-state index >= 15 is 0 Å². The van der Waals surface area contributed by atoms with Gasteiger partial charge in [-0.1, -0.05) is 0 Å². The molecule has 0 saturated heterocycles. The van der Waals surface area contributed by atoms with Crippen LogP contribution in [-0.2, 0) is 19.6 Å². The fraction of sp³-hybridized carbons (Fsp3) is 0.583. The molecule has 0 spiro atoms. The maximum Gasteiger partial charge on any atom is 0.140 e. The van der Waals surface area contributed by atoms with Crippen LogP contribution < -0.4 is 5.32 Å². The molecule has 0 aliphatic rings. The van der Waals surface area contributed by atoms with Crippen LogP contribution in [-0.4, -0.2) is 30.9 Å². The highest BCUT2D eigenvalue weighted by Gasteiger charge is 2.00. The Hall–Kier alpha value is -1.69. The monoisotopic (exact) mass is 248 g/mol. The van der Waals surface area contributed by atoms with Gasteiger partial charge in [-0.3, -0.25) is 0 Å². The molecule has 0 aromatic carbocycles. The van der Waals surface area contributed by atoms with Crippen molar-refractivity contribution < 1.29 is 0 Å². The van der Waals surface area contributed by atoms with E-state index in [1.165, 1.54) is 0 Å². The maximum atomic E-state index is 4.22. The molecular formula is C12H20N6. The fourth-order valence-corrected chi connectivity index (χ4v) is 1.85. The first-order valence-corrected chi connectivity index (χ1v) is 6.43. The van der Waals surface area contributed by atoms with Crippen LogP contribution in [0.2, 0.25) is 0 Å². The molecule has 0 bridgehead atoms. The van der Waals surface area contributed by atoms with Gasteiger partial charge in [0.25, 0.3) is 0 Å². The summed E-state index contributed by atoms with van der Waals surface area (Å²) < 4.78 is 4.02. The lowest BCUT2D eigenvalue weighted by atomic mass is 10.3. The summed E-state index contributed by atoms with van der Waals surface area (Å²) in [6, 6.07) is 0. The van der Waals surface area contributed by atoms with Crippen LogP contribution in [0.1, 0.15) is 25.6 Å². The Morgan fingerprint density at radius 3 is 3.06 bits per heavy atom. The molecule has 2 aromatic rings. The van der Waals surface area contributed by atoms with Crippen LogP contribution in [0.5, 0.6) is 0 Å². The average Bonchev–Trinajstić information content (AvgIpc) is 3.04. The molecule has 6 heteroatoms. The Labute approximate surface area is 107 Å². The van der Waals surface area contributed by atoms with Crippen molar-refractivity contribution in [1.82, 2.24) is 29.6 Å². The Morgan fingerprint density at radius 2 is 2.28 bits per heavy atom. The predicted molar refractivity (Wildman–Crippen MR) is 68.9 cm³/mol. The summed E-state index contributed by atoms with van der Waals surface area (Å²) in [5, 5.41) is 7.53. The van der Waals surface area contributed by atoms with E-state index in [1.807, 2.05) is 23.4 Å². The van der Waals surface area contributed by atoms with Crippen LogP contribution in [0, 0.1) is 0 Å². The normalized spacial score (nSPS) is 10.9. The third kappa shape index (κ3) is 3.66. The molecule has 0 saturated carbocycles. The van der Waals surface area contributed by atoms with E-state index < -0.39 is 0 Å². The van der Waals surface area contributed by atoms with E-state index in [0.29, 0.717) is 0 Å². The van der Waals surface area contributed by atoms with Gasteiger partial charge in [-0.2, -0.15) is 5.10 Å². The number of rotatable bonds is 8. The third-order valence-electron chi connectivity index (χ3n) is 2.86. The summed E-state index contributed by atoms with van der Waals surface area (Å²) in [6.07, 6.45) is 9.59. The zero-order chi connectivity index (χ0) is 12.6. The number of aromatic nitrogens is 5. The standard InChI is InChI=1S/C12H20N6/c1-2-18-12(15-10-16-18)9-13-5-3-4-7-17-8-6-14-11-17/h6,8,10-11,13H,2-5,7,9H2,1H3. The van der Waals surface area contributed by atoms with E-state index in [1.54, 1.807) is 6.33 Å². The predicted octanol–water partition coefficient (Wildman–Crippen LogP) is 1.06. The molecule has 0 radical (unpaired) electrons. The van der Waals surface area contributed by atoms with E-state index in [4.69, 9.17) is 0 Å². The van der Waals surface area contributed by atoms with Gasteiger partial charge in [-0.25, -0.2) is 14.6 Å². The van der Waals surface area contributed by atoms with Crippen LogP contribution in [0.25, 0.3) is 0 Å². The summed E-state index contributed by atoms with van der Waals surface area (Å²) in [6.45, 7) is 5.78. The molecule has 2 heterocycles. The van der Waals surface area contributed by atoms with Crippen LogP contribution >= 0.6 is 0 Å². The minimum Gasteiger partial charge on any atom is -0.337 e. The van der Waals surface area contributed by atoms with Crippen molar-refractivity contribution in [2.24, 2.45) is 0 Å². The lowest BCUT2D eigenvalue weighted by molar-refractivity contribution is 0.539. The fourth-order valence-electron chi connectivity index (χ4n) is 1.85. The molecule has 0 amide bonds. The van der Waals surface area contributed by atoms with Crippen molar-refractivity contribution >= 4 is 0 Å². The second-order valence-corrected chi connectivity index (χ2v) is 4.18. The Kier molecular flexibility index (Phi) is 4.89. The van der Waals surface area contributed by atoms with Gasteiger partial charge >= 0.3 is 0 Å². The molecular weight excluding hydrogens is 228 g/mol. The Bertz CT molecular complexity index is 433. The largest absolute Gasteiger partial charge is 0.337 e. The Balaban J connectivity index is 1.56. The lowest BCUT2D eigenvalue weighted by Crippen LogP contribution is -2.18. The first kappa shape index (κ1) is 12.8. The van der Waals surface area contributed by atoms with Crippen molar-refractivity contribution in [3.63, 3.8) is 0 Å². The number of unbranched alkanes of at least 4 members (excludes halogenated alkanes) is 1. The SMILES string of the molecule is CCn1ncnc1CNCCCCn1ccnc1. The van der Waals surface area contributed by atoms with Crippen LogP contribution in [0.15, 0.2) is 25.0 Å². The van der Waals surface area contributed by atoms with Gasteiger partial charge in [0, 0.05) is 25.5 Å². The summed E-state index contributed by atoms with van der Waals surface area (Å²) in [7, 11) is 0. The number of hydrogen-bond donors (Lipinski definition) is 1. The first-order chi connectivity index (χ1) is 8.90. The zero-order valence-electron chi connectivity index (χ0n) is 10.8. The lowest BCUT2D eigenvalue weighted by Gasteiger charge is -2.05. The topological polar surface area (TPSA) is 60.6 Å². The number of imidazole rings is 1. The number of nitrogens with zero attached hydrogens (tertiary/aromatic N) is 5. The van der Waals surface area contributed by atoms with Gasteiger partial charge in [0.1, 0.15) is 12.2 Å². The highest BCUT2D eigenvalue weighted by atomic mass is 15.3. The molecule has 0 aliphatic heterocycles. The van der Waals surface area contributed by atoms with E-state index in [2.05, 4.69) is 31.9 Å². The number of nitrogens with one attached hydrogen (secondary N) is 1. The highest BCUT2D eigenvalue weighted by molar-refractivity contribution is 4.83. The second kappa shape index (κ2) is 6.90. The number of hydrogen-bond acceptors (Lipinski definition) is 4. The van der Waals surface area contributed by atoms with Gasteiger partial charge in [0.15, 0.2) is 0 Å². The average molecular weight is 248 g/mol. The van der Waals surface area contributed by atoms with Gasteiger partial charge in [-0.15, -0.1) is 0 Å². The van der Waals surface area contributed by atoms with Gasteiger partial charge in [0.05, 0.1) is 12.9 Å². The summed E-state index contributed by atoms with van der Waals surface area (Å²) in [5.74, 6) is 1.01. The molecule has 0 fully saturated rings. The third-order valence-corrected chi connectivity index (χ3v) is 2.86. The molecule has 1 N–H and O–H groups in total. The quantitative estimate of drug-likeness (QED) is 0.710. The molecule has 0 aliphatic carbocycles. The zero-order valence-corrected chi connectivity index (χ0v) is 10.8. The molecule has 6 nitrogen and oxygen atoms in total. The molecule has 0 atom stereocenters. The highest BCUT2D eigenvalue weighted by Crippen LogP contribution is 1.96. The van der Waals surface area contributed by atoms with Gasteiger partial charge in [-0.05, 0) is 26.3 Å². The van der Waals surface area contributed by atoms with Crippen molar-refractivity contribution in [2.45, 2.75) is 39.4 Å². The smallest absolute Gasteiger partial charge is 0.140 e. The van der Waals surface area contributed by atoms with Crippen LogP contribution in [0.4, 0.5) is 0 Å². The van der Waals surface area contributed by atoms with Crippen molar-refractivity contribution in [1.29, 1.82) is 0 Å². The minimum absolute atomic E-state index is 0.791. The summed E-state index contributed by atoms with van der Waals surface area (Å²) in [5.41, 5.74) is 0. The van der Waals surface area contributed by atoms with E-state index in [0.717, 1.165) is 44.8 Å². The van der Waals surface area contributed by atoms with Crippen molar-refractivity contribution in [3.05, 3.63) is 30.9 Å². The molecule has 18 heavy (non-hydrogen) atoms. The molecule has 0 unspecified atom stereocenters. The van der Waals surface area contributed by atoms with E-state index in [-0.39, 0.29) is 0 Å². The number of aryl methyl sites for hydroxylation is 2. The summed E-state index contributed by atoms with van der Waals surface area (Å²) in [4.78, 5) is 8.24. The van der Waals surface area contributed by atoms with Crippen LogP contribution in [0.3, 0.4) is 0 Å². The summed E-state index contributed by atoms with van der Waals surface area (Å²) >= 11 is 0. The minimum atomic E-state index is 0.791. The Morgan fingerprint density at radius 1 is 1.33 bits per heavy atom. The maximum absolute atomic E-state index is 4.22. The molecule has 2 rings (SSSR count). The molecule has 2 aromatic heterocycles. The van der Waals surface area contributed by atoms with Gasteiger partial charge in [0.2, 0.25) is 0 Å².